The van der Waals surface area contributed by atoms with Crippen molar-refractivity contribution in [1.82, 2.24) is 9.21 Å². The van der Waals surface area contributed by atoms with Crippen molar-refractivity contribution in [2.45, 2.75) is 76.2 Å². The van der Waals surface area contributed by atoms with E-state index in [1.165, 1.54) is 22.9 Å². The molecule has 1 saturated carbocycles. The molecular weight excluding hydrogens is 414 g/mol. The van der Waals surface area contributed by atoms with Crippen molar-refractivity contribution in [2.75, 3.05) is 25.0 Å². The maximum atomic E-state index is 12.9. The third-order valence-electron chi connectivity index (χ3n) is 6.25. The van der Waals surface area contributed by atoms with Gasteiger partial charge in [-0.05, 0) is 49.9 Å². The Labute approximate surface area is 186 Å². The number of sulfonamides is 1. The Morgan fingerprint density at radius 3 is 2.26 bits per heavy atom. The van der Waals surface area contributed by atoms with Crippen LogP contribution in [0.1, 0.15) is 65.2 Å². The Morgan fingerprint density at radius 2 is 1.68 bits per heavy atom. The number of benzene rings is 1. The Hall–Kier alpha value is -1.93. The number of carbonyl (C=O) groups excluding carboxylic acids is 2. The summed E-state index contributed by atoms with van der Waals surface area (Å²) in [5, 5.41) is 2.86. The van der Waals surface area contributed by atoms with Crippen LogP contribution in [0.5, 0.6) is 0 Å². The van der Waals surface area contributed by atoms with E-state index in [-0.39, 0.29) is 35.1 Å². The second kappa shape index (κ2) is 10.6. The lowest BCUT2D eigenvalue weighted by Crippen LogP contribution is -2.38. The van der Waals surface area contributed by atoms with Gasteiger partial charge in [-0.25, -0.2) is 8.42 Å². The summed E-state index contributed by atoms with van der Waals surface area (Å²) in [5.74, 6) is -0.469. The van der Waals surface area contributed by atoms with E-state index in [0.717, 1.165) is 38.5 Å². The fourth-order valence-electron chi connectivity index (χ4n) is 4.61. The van der Waals surface area contributed by atoms with E-state index in [4.69, 9.17) is 0 Å². The molecule has 1 N–H and O–H groups in total. The molecule has 1 aliphatic heterocycles. The van der Waals surface area contributed by atoms with E-state index in [2.05, 4.69) is 5.32 Å². The van der Waals surface area contributed by atoms with Crippen molar-refractivity contribution in [2.24, 2.45) is 5.92 Å². The molecule has 1 aromatic rings. The van der Waals surface area contributed by atoms with Crippen molar-refractivity contribution in [3.8, 4) is 0 Å². The van der Waals surface area contributed by atoms with Crippen LogP contribution in [0.25, 0.3) is 0 Å². The van der Waals surface area contributed by atoms with Crippen LogP contribution in [-0.2, 0) is 19.6 Å². The lowest BCUT2D eigenvalue weighted by molar-refractivity contribution is -0.130. The molecule has 0 aromatic heterocycles. The second-order valence-electron chi connectivity index (χ2n) is 8.66. The molecule has 7 nitrogen and oxygen atoms in total. The highest BCUT2D eigenvalue weighted by Crippen LogP contribution is 2.29. The molecule has 1 atom stereocenters. The van der Waals surface area contributed by atoms with Gasteiger partial charge in [0.1, 0.15) is 0 Å². The number of nitrogens with zero attached hydrogens (tertiary/aromatic N) is 2. The lowest BCUT2D eigenvalue weighted by Gasteiger charge is -2.31. The maximum Gasteiger partial charge on any atom is 0.243 e. The van der Waals surface area contributed by atoms with E-state index in [1.54, 1.807) is 12.1 Å². The van der Waals surface area contributed by atoms with Crippen LogP contribution < -0.4 is 5.32 Å². The van der Waals surface area contributed by atoms with Crippen molar-refractivity contribution in [3.05, 3.63) is 24.3 Å². The molecule has 8 heteroatoms. The number of likely N-dealkylation sites (tertiary alicyclic amines) is 1. The molecule has 1 aromatic carbocycles. The fourth-order valence-corrected chi connectivity index (χ4v) is 6.23. The van der Waals surface area contributed by atoms with Gasteiger partial charge in [-0.3, -0.25) is 9.59 Å². The van der Waals surface area contributed by atoms with Crippen molar-refractivity contribution < 1.29 is 18.0 Å². The van der Waals surface area contributed by atoms with E-state index in [9.17, 15) is 18.0 Å². The van der Waals surface area contributed by atoms with Gasteiger partial charge in [-0.15, -0.1) is 0 Å². The van der Waals surface area contributed by atoms with Crippen molar-refractivity contribution in [3.63, 3.8) is 0 Å². The Kier molecular flexibility index (Phi) is 8.11. The normalized spacial score (nSPS) is 20.4. The van der Waals surface area contributed by atoms with Crippen molar-refractivity contribution in [1.29, 1.82) is 0 Å². The molecule has 1 saturated heterocycles. The number of hydrogen-bond donors (Lipinski definition) is 1. The van der Waals surface area contributed by atoms with Gasteiger partial charge in [0.05, 0.1) is 10.8 Å². The molecule has 2 fully saturated rings. The molecule has 0 radical (unpaired) electrons. The van der Waals surface area contributed by atoms with E-state index in [1.807, 2.05) is 18.7 Å². The molecule has 172 valence electrons. The van der Waals surface area contributed by atoms with Gasteiger partial charge in [-0.2, -0.15) is 4.31 Å². The zero-order chi connectivity index (χ0) is 22.4. The first-order valence-electron chi connectivity index (χ1n) is 11.6. The lowest BCUT2D eigenvalue weighted by atomic mass is 9.94. The van der Waals surface area contributed by atoms with Crippen molar-refractivity contribution >= 4 is 27.5 Å². The molecule has 0 spiro atoms. The first-order chi connectivity index (χ1) is 14.9. The zero-order valence-corrected chi connectivity index (χ0v) is 19.5. The number of hydrogen-bond acceptors (Lipinski definition) is 4. The predicted molar refractivity (Wildman–Crippen MR) is 121 cm³/mol. The fraction of sp³-hybridized carbons (Fsp3) is 0.652. The Balaban J connectivity index is 1.62. The van der Waals surface area contributed by atoms with Gasteiger partial charge in [0, 0.05) is 37.8 Å². The van der Waals surface area contributed by atoms with Crippen LogP contribution >= 0.6 is 0 Å². The van der Waals surface area contributed by atoms with Crippen LogP contribution in [0.2, 0.25) is 0 Å². The first-order valence-corrected chi connectivity index (χ1v) is 13.0. The highest BCUT2D eigenvalue weighted by molar-refractivity contribution is 7.89. The molecule has 1 aliphatic carbocycles. The van der Waals surface area contributed by atoms with E-state index in [0.29, 0.717) is 25.3 Å². The third kappa shape index (κ3) is 5.66. The van der Waals surface area contributed by atoms with Crippen LogP contribution in [-0.4, -0.2) is 55.1 Å². The smallest absolute Gasteiger partial charge is 0.243 e. The summed E-state index contributed by atoms with van der Waals surface area (Å²) in [6.45, 7) is 5.37. The highest BCUT2D eigenvalue weighted by Gasteiger charge is 2.38. The van der Waals surface area contributed by atoms with Gasteiger partial charge in [-0.1, -0.05) is 33.1 Å². The van der Waals surface area contributed by atoms with Gasteiger partial charge in [0.15, 0.2) is 0 Å². The van der Waals surface area contributed by atoms with Gasteiger partial charge >= 0.3 is 0 Å². The summed E-state index contributed by atoms with van der Waals surface area (Å²) in [7, 11) is -3.54. The molecular formula is C23H35N3O4S. The summed E-state index contributed by atoms with van der Waals surface area (Å²) >= 11 is 0. The van der Waals surface area contributed by atoms with Crippen LogP contribution in [0.15, 0.2) is 29.2 Å². The summed E-state index contributed by atoms with van der Waals surface area (Å²) < 4.78 is 27.3. The average molecular weight is 450 g/mol. The monoisotopic (exact) mass is 449 g/mol. The van der Waals surface area contributed by atoms with Crippen LogP contribution in [0, 0.1) is 5.92 Å². The van der Waals surface area contributed by atoms with Crippen LogP contribution in [0.3, 0.4) is 0 Å². The maximum absolute atomic E-state index is 12.9. The SMILES string of the molecule is CCCN(CCC)S(=O)(=O)c1ccc(NC(=O)[C@H]2CC(=O)N(C3CCCCC3)C2)cc1. The number of nitrogens with one attached hydrogen (secondary N) is 1. The minimum atomic E-state index is -3.54. The van der Waals surface area contributed by atoms with Gasteiger partial charge in [0.2, 0.25) is 21.8 Å². The average Bonchev–Trinajstić information content (AvgIpc) is 3.16. The zero-order valence-electron chi connectivity index (χ0n) is 18.7. The quantitative estimate of drug-likeness (QED) is 0.624. The topological polar surface area (TPSA) is 86.8 Å². The largest absolute Gasteiger partial charge is 0.339 e. The number of carbonyl (C=O) groups is 2. The summed E-state index contributed by atoms with van der Waals surface area (Å²) in [4.78, 5) is 27.3. The molecule has 2 aliphatic rings. The molecule has 3 rings (SSSR count). The van der Waals surface area contributed by atoms with Crippen LogP contribution in [0.4, 0.5) is 5.69 Å². The minimum Gasteiger partial charge on any atom is -0.339 e. The number of rotatable bonds is 9. The summed E-state index contributed by atoms with van der Waals surface area (Å²) in [6, 6.07) is 6.60. The Bertz CT molecular complexity index is 857. The van der Waals surface area contributed by atoms with E-state index < -0.39 is 10.0 Å². The predicted octanol–water partition coefficient (Wildman–Crippen LogP) is 3.62. The minimum absolute atomic E-state index is 0.0698. The van der Waals surface area contributed by atoms with Gasteiger partial charge in [0.25, 0.3) is 0 Å². The number of anilines is 1. The molecule has 2 amide bonds. The van der Waals surface area contributed by atoms with E-state index >= 15 is 0 Å². The van der Waals surface area contributed by atoms with Gasteiger partial charge < -0.3 is 10.2 Å². The third-order valence-corrected chi connectivity index (χ3v) is 8.16. The number of amides is 2. The molecule has 1 heterocycles. The standard InChI is InChI=1S/C23H35N3O4S/c1-3-14-25(15-4-2)31(29,30)21-12-10-19(11-13-21)24-23(28)18-16-22(27)26(17-18)20-8-6-5-7-9-20/h10-13,18,20H,3-9,14-17H2,1-2H3,(H,24,28)/t18-/m0/s1. The molecule has 0 bridgehead atoms. The molecule has 0 unspecified atom stereocenters. The summed E-state index contributed by atoms with van der Waals surface area (Å²) in [6.07, 6.45) is 7.34. The Morgan fingerprint density at radius 1 is 1.06 bits per heavy atom. The first kappa shape index (κ1) is 23.7. The highest BCUT2D eigenvalue weighted by atomic mass is 32.2. The molecule has 31 heavy (non-hydrogen) atoms. The second-order valence-corrected chi connectivity index (χ2v) is 10.6. The summed E-state index contributed by atoms with van der Waals surface area (Å²) in [5.41, 5.74) is 0.546.